The average Bonchev–Trinajstić information content (AvgIpc) is 2.62. The molecule has 1 aliphatic rings. The van der Waals surface area contributed by atoms with Gasteiger partial charge in [0.05, 0.1) is 4.90 Å². The lowest BCUT2D eigenvalue weighted by Crippen LogP contribution is -2.45. The van der Waals surface area contributed by atoms with E-state index < -0.39 is 10.0 Å². The second-order valence-corrected chi connectivity index (χ2v) is 8.99. The van der Waals surface area contributed by atoms with E-state index in [0.29, 0.717) is 37.3 Å². The van der Waals surface area contributed by atoms with Gasteiger partial charge in [0.25, 0.3) is 5.91 Å². The number of rotatable bonds is 6. The van der Waals surface area contributed by atoms with Crippen LogP contribution in [0.2, 0.25) is 0 Å². The Labute approximate surface area is 157 Å². The van der Waals surface area contributed by atoms with Crippen LogP contribution in [0.25, 0.3) is 0 Å². The van der Waals surface area contributed by atoms with Gasteiger partial charge >= 0.3 is 0 Å². The van der Waals surface area contributed by atoms with Crippen LogP contribution in [-0.4, -0.2) is 55.8 Å². The van der Waals surface area contributed by atoms with Gasteiger partial charge in [-0.25, -0.2) is 8.42 Å². The molecule has 2 rings (SSSR count). The third-order valence-corrected chi connectivity index (χ3v) is 7.44. The molecule has 7 heteroatoms. The van der Waals surface area contributed by atoms with Gasteiger partial charge < -0.3 is 10.6 Å². The Balaban J connectivity index is 2.33. The zero-order chi connectivity index (χ0) is 19.5. The fourth-order valence-electron chi connectivity index (χ4n) is 3.52. The molecule has 0 spiro atoms. The fourth-order valence-corrected chi connectivity index (χ4v) is 5.23. The maximum atomic E-state index is 12.9. The molecule has 26 heavy (non-hydrogen) atoms. The summed E-state index contributed by atoms with van der Waals surface area (Å²) in [6.45, 7) is 9.48. The van der Waals surface area contributed by atoms with Crippen LogP contribution in [0.3, 0.4) is 0 Å². The molecule has 1 aromatic carbocycles. The number of carbonyl (C=O) groups excluding carboxylic acids is 1. The molecule has 0 saturated carbocycles. The van der Waals surface area contributed by atoms with Crippen LogP contribution in [0.1, 0.15) is 49.5 Å². The summed E-state index contributed by atoms with van der Waals surface area (Å²) in [4.78, 5) is 15.0. The second-order valence-electron chi connectivity index (χ2n) is 7.08. The molecule has 1 amide bonds. The SMILES string of the molecule is CCN(CC)S(=O)(=O)c1cc(C(=O)N2CCCC(C(C)N)C2)ccc1C. The topological polar surface area (TPSA) is 83.7 Å². The summed E-state index contributed by atoms with van der Waals surface area (Å²) in [6.07, 6.45) is 1.95. The Hall–Kier alpha value is -1.44. The zero-order valence-electron chi connectivity index (χ0n) is 16.2. The van der Waals surface area contributed by atoms with Gasteiger partial charge in [-0.05, 0) is 50.3 Å². The van der Waals surface area contributed by atoms with Crippen LogP contribution in [0, 0.1) is 12.8 Å². The average molecular weight is 382 g/mol. The van der Waals surface area contributed by atoms with E-state index in [1.54, 1.807) is 24.0 Å². The number of aryl methyl sites for hydroxylation is 1. The van der Waals surface area contributed by atoms with Crippen LogP contribution in [0.15, 0.2) is 23.1 Å². The predicted octanol–water partition coefficient (Wildman–Crippen LogP) is 2.22. The molecular formula is C19H31N3O3S. The van der Waals surface area contributed by atoms with Crippen molar-refractivity contribution in [2.24, 2.45) is 11.7 Å². The zero-order valence-corrected chi connectivity index (χ0v) is 17.1. The van der Waals surface area contributed by atoms with Gasteiger partial charge in [0.2, 0.25) is 10.0 Å². The van der Waals surface area contributed by atoms with Crippen molar-refractivity contribution in [3.05, 3.63) is 29.3 Å². The normalized spacial score (nSPS) is 19.6. The van der Waals surface area contributed by atoms with Gasteiger partial charge in [-0.15, -0.1) is 0 Å². The number of piperidine rings is 1. The summed E-state index contributed by atoms with van der Waals surface area (Å²) in [6, 6.07) is 5.01. The molecule has 2 atom stereocenters. The van der Waals surface area contributed by atoms with Gasteiger partial charge in [0.1, 0.15) is 0 Å². The number of benzene rings is 1. The quantitative estimate of drug-likeness (QED) is 0.819. The summed E-state index contributed by atoms with van der Waals surface area (Å²) < 4.78 is 27.2. The molecule has 0 radical (unpaired) electrons. The monoisotopic (exact) mass is 381 g/mol. The second kappa shape index (κ2) is 8.50. The molecule has 2 unspecified atom stereocenters. The Bertz CT molecular complexity index is 742. The first kappa shape index (κ1) is 20.9. The van der Waals surface area contributed by atoms with E-state index in [4.69, 9.17) is 5.73 Å². The van der Waals surface area contributed by atoms with Crippen molar-refractivity contribution in [1.29, 1.82) is 0 Å². The van der Waals surface area contributed by atoms with Crippen LogP contribution < -0.4 is 5.73 Å². The molecule has 1 fully saturated rings. The number of amides is 1. The van der Waals surface area contributed by atoms with E-state index in [9.17, 15) is 13.2 Å². The summed E-state index contributed by atoms with van der Waals surface area (Å²) in [5, 5.41) is 0. The van der Waals surface area contributed by atoms with Gasteiger partial charge in [0, 0.05) is 37.8 Å². The molecule has 0 aromatic heterocycles. The number of nitrogens with two attached hydrogens (primary N) is 1. The molecular weight excluding hydrogens is 350 g/mol. The maximum Gasteiger partial charge on any atom is 0.253 e. The fraction of sp³-hybridized carbons (Fsp3) is 0.632. The summed E-state index contributed by atoms with van der Waals surface area (Å²) in [5.74, 6) is 0.170. The van der Waals surface area contributed by atoms with E-state index in [0.717, 1.165) is 12.8 Å². The molecule has 1 aromatic rings. The third-order valence-electron chi connectivity index (χ3n) is 5.25. The number of carbonyl (C=O) groups is 1. The lowest BCUT2D eigenvalue weighted by Gasteiger charge is -2.34. The lowest BCUT2D eigenvalue weighted by atomic mass is 9.92. The van der Waals surface area contributed by atoms with Crippen molar-refractivity contribution in [3.8, 4) is 0 Å². The van der Waals surface area contributed by atoms with E-state index in [1.165, 1.54) is 10.4 Å². The van der Waals surface area contributed by atoms with Gasteiger partial charge in [-0.3, -0.25) is 4.79 Å². The van der Waals surface area contributed by atoms with E-state index in [1.807, 2.05) is 20.8 Å². The first-order valence-electron chi connectivity index (χ1n) is 9.38. The Morgan fingerprint density at radius 3 is 2.58 bits per heavy atom. The highest BCUT2D eigenvalue weighted by atomic mass is 32.2. The Morgan fingerprint density at radius 1 is 1.35 bits per heavy atom. The summed E-state index contributed by atoms with van der Waals surface area (Å²) in [5.41, 5.74) is 7.09. The number of hydrogen-bond donors (Lipinski definition) is 1. The van der Waals surface area contributed by atoms with Crippen molar-refractivity contribution in [2.45, 2.75) is 51.5 Å². The van der Waals surface area contributed by atoms with Gasteiger partial charge in [-0.2, -0.15) is 4.31 Å². The van der Waals surface area contributed by atoms with E-state index in [2.05, 4.69) is 0 Å². The van der Waals surface area contributed by atoms with Gasteiger partial charge in [0.15, 0.2) is 0 Å². The number of nitrogens with zero attached hydrogens (tertiary/aromatic N) is 2. The highest BCUT2D eigenvalue weighted by Gasteiger charge is 2.29. The number of sulfonamides is 1. The van der Waals surface area contributed by atoms with Crippen molar-refractivity contribution in [3.63, 3.8) is 0 Å². The standard InChI is InChI=1S/C19H31N3O3S/c1-5-22(6-2)26(24,25)18-12-16(10-9-14(18)3)19(23)21-11-7-8-17(13-21)15(4)20/h9-10,12,15,17H,5-8,11,13,20H2,1-4H3. The van der Waals surface area contributed by atoms with E-state index in [-0.39, 0.29) is 22.8 Å². The summed E-state index contributed by atoms with van der Waals surface area (Å²) >= 11 is 0. The lowest BCUT2D eigenvalue weighted by molar-refractivity contribution is 0.0660. The van der Waals surface area contributed by atoms with Crippen LogP contribution in [0.5, 0.6) is 0 Å². The minimum Gasteiger partial charge on any atom is -0.338 e. The maximum absolute atomic E-state index is 12.9. The largest absolute Gasteiger partial charge is 0.338 e. The minimum absolute atomic E-state index is 0.0437. The van der Waals surface area contributed by atoms with Crippen LogP contribution in [-0.2, 0) is 10.0 Å². The predicted molar refractivity (Wildman–Crippen MR) is 104 cm³/mol. The minimum atomic E-state index is -3.60. The van der Waals surface area contributed by atoms with Crippen molar-refractivity contribution < 1.29 is 13.2 Å². The number of likely N-dealkylation sites (tertiary alicyclic amines) is 1. The van der Waals surface area contributed by atoms with Crippen molar-refractivity contribution >= 4 is 15.9 Å². The molecule has 1 saturated heterocycles. The van der Waals surface area contributed by atoms with Crippen molar-refractivity contribution in [1.82, 2.24) is 9.21 Å². The smallest absolute Gasteiger partial charge is 0.253 e. The highest BCUT2D eigenvalue weighted by molar-refractivity contribution is 7.89. The molecule has 0 aliphatic carbocycles. The molecule has 1 aliphatic heterocycles. The Kier molecular flexibility index (Phi) is 6.82. The van der Waals surface area contributed by atoms with Crippen molar-refractivity contribution in [2.75, 3.05) is 26.2 Å². The molecule has 6 nitrogen and oxygen atoms in total. The molecule has 146 valence electrons. The molecule has 0 bridgehead atoms. The first-order valence-corrected chi connectivity index (χ1v) is 10.8. The van der Waals surface area contributed by atoms with E-state index >= 15 is 0 Å². The molecule has 2 N–H and O–H groups in total. The first-order chi connectivity index (χ1) is 12.2. The van der Waals surface area contributed by atoms with Gasteiger partial charge in [-0.1, -0.05) is 19.9 Å². The van der Waals surface area contributed by atoms with Crippen LogP contribution in [0.4, 0.5) is 0 Å². The number of hydrogen-bond acceptors (Lipinski definition) is 4. The highest BCUT2D eigenvalue weighted by Crippen LogP contribution is 2.24. The third kappa shape index (κ3) is 4.27. The summed E-state index contributed by atoms with van der Waals surface area (Å²) in [7, 11) is -3.60. The Morgan fingerprint density at radius 2 is 2.00 bits per heavy atom. The molecule has 1 heterocycles. The van der Waals surface area contributed by atoms with Crippen LogP contribution >= 0.6 is 0 Å².